The average Bonchev–Trinajstić information content (AvgIpc) is 2.42. The fraction of sp³-hybridized carbons (Fsp3) is 0.571. The van der Waals surface area contributed by atoms with Crippen molar-refractivity contribution >= 4 is 15.7 Å². The molecule has 0 bridgehead atoms. The second-order valence-corrected chi connectivity index (χ2v) is 7.04. The summed E-state index contributed by atoms with van der Waals surface area (Å²) in [5.74, 6) is 0. The monoisotopic (exact) mass is 329 g/mol. The zero-order chi connectivity index (χ0) is 16.9. The Kier molecular flexibility index (Phi) is 6.46. The lowest BCUT2D eigenvalue weighted by Gasteiger charge is -2.17. The highest BCUT2D eigenvalue weighted by Crippen LogP contribution is 2.26. The van der Waals surface area contributed by atoms with Crippen molar-refractivity contribution in [2.24, 2.45) is 5.73 Å². The molecule has 8 heteroatoms. The molecule has 3 N–H and O–H groups in total. The first-order valence-corrected chi connectivity index (χ1v) is 8.69. The predicted octanol–water partition coefficient (Wildman–Crippen LogP) is 2.01. The van der Waals surface area contributed by atoms with E-state index in [-0.39, 0.29) is 23.2 Å². The first-order valence-electron chi connectivity index (χ1n) is 7.21. The van der Waals surface area contributed by atoms with Crippen LogP contribution >= 0.6 is 0 Å². The van der Waals surface area contributed by atoms with Crippen LogP contribution in [0, 0.1) is 24.0 Å². The van der Waals surface area contributed by atoms with Crippen molar-refractivity contribution < 1.29 is 13.3 Å². The van der Waals surface area contributed by atoms with E-state index >= 15 is 0 Å². The van der Waals surface area contributed by atoms with E-state index < -0.39 is 14.9 Å². The van der Waals surface area contributed by atoms with E-state index in [4.69, 9.17) is 5.73 Å². The molecule has 0 radical (unpaired) electrons. The third-order valence-electron chi connectivity index (χ3n) is 3.49. The highest BCUT2D eigenvalue weighted by atomic mass is 32.2. The van der Waals surface area contributed by atoms with Crippen molar-refractivity contribution in [3.05, 3.63) is 33.4 Å². The van der Waals surface area contributed by atoms with Crippen LogP contribution in [0.5, 0.6) is 0 Å². The molecule has 22 heavy (non-hydrogen) atoms. The zero-order valence-electron chi connectivity index (χ0n) is 13.1. The highest BCUT2D eigenvalue weighted by molar-refractivity contribution is 7.89. The van der Waals surface area contributed by atoms with Crippen LogP contribution in [0.4, 0.5) is 5.69 Å². The van der Waals surface area contributed by atoms with Crippen molar-refractivity contribution in [1.82, 2.24) is 4.72 Å². The molecule has 1 aromatic carbocycles. The number of hydrogen-bond acceptors (Lipinski definition) is 5. The fourth-order valence-electron chi connectivity index (χ4n) is 2.27. The van der Waals surface area contributed by atoms with Crippen LogP contribution in [0.25, 0.3) is 0 Å². The van der Waals surface area contributed by atoms with E-state index in [1.807, 2.05) is 6.92 Å². The maximum absolute atomic E-state index is 12.5. The minimum absolute atomic E-state index is 0.0697. The number of nitro benzene ring substituents is 1. The van der Waals surface area contributed by atoms with Gasteiger partial charge in [-0.05, 0) is 31.9 Å². The average molecular weight is 329 g/mol. The second-order valence-electron chi connectivity index (χ2n) is 5.36. The number of benzene rings is 1. The first-order chi connectivity index (χ1) is 10.2. The van der Waals surface area contributed by atoms with Crippen molar-refractivity contribution in [3.8, 4) is 0 Å². The fourth-order valence-corrected chi connectivity index (χ4v) is 3.80. The molecule has 1 atom stereocenters. The van der Waals surface area contributed by atoms with Crippen LogP contribution in [-0.2, 0) is 10.0 Å². The van der Waals surface area contributed by atoms with Gasteiger partial charge in [-0.15, -0.1) is 0 Å². The summed E-state index contributed by atoms with van der Waals surface area (Å²) in [6, 6.07) is 2.25. The minimum Gasteiger partial charge on any atom is -0.329 e. The Morgan fingerprint density at radius 1 is 1.32 bits per heavy atom. The summed E-state index contributed by atoms with van der Waals surface area (Å²) < 4.78 is 27.5. The summed E-state index contributed by atoms with van der Waals surface area (Å²) in [4.78, 5) is 10.4. The SMILES string of the molecule is CCCCC(CN)NS(=O)(=O)c1cc([N+](=O)[O-])c(C)cc1C. The Balaban J connectivity index is 3.16. The van der Waals surface area contributed by atoms with E-state index in [2.05, 4.69) is 4.72 Å². The van der Waals surface area contributed by atoms with Crippen molar-refractivity contribution in [2.45, 2.75) is 51.0 Å². The number of unbranched alkanes of at least 4 members (excludes halogenated alkanes) is 1. The molecule has 0 aliphatic heterocycles. The standard InChI is InChI=1S/C14H23N3O4S/c1-4-5-6-12(9-15)16-22(20,21)14-8-13(17(18)19)10(2)7-11(14)3/h7-8,12,16H,4-6,9,15H2,1-3H3. The van der Waals surface area contributed by atoms with Crippen molar-refractivity contribution in [2.75, 3.05) is 6.54 Å². The molecule has 0 aromatic heterocycles. The summed E-state index contributed by atoms with van der Waals surface area (Å²) in [7, 11) is -3.84. The number of aryl methyl sites for hydroxylation is 2. The number of nitro groups is 1. The Labute approximate surface area is 131 Å². The maximum atomic E-state index is 12.5. The largest absolute Gasteiger partial charge is 0.329 e. The van der Waals surface area contributed by atoms with Gasteiger partial charge in [-0.25, -0.2) is 13.1 Å². The van der Waals surface area contributed by atoms with Crippen molar-refractivity contribution in [3.63, 3.8) is 0 Å². The van der Waals surface area contributed by atoms with E-state index in [0.717, 1.165) is 18.9 Å². The Hall–Kier alpha value is -1.51. The van der Waals surface area contributed by atoms with Crippen LogP contribution in [-0.4, -0.2) is 25.9 Å². The smallest absolute Gasteiger partial charge is 0.273 e. The van der Waals surface area contributed by atoms with Gasteiger partial charge < -0.3 is 5.73 Å². The summed E-state index contributed by atoms with van der Waals surface area (Å²) in [6.07, 6.45) is 2.43. The van der Waals surface area contributed by atoms with Crippen LogP contribution in [0.3, 0.4) is 0 Å². The van der Waals surface area contributed by atoms with E-state index in [1.165, 1.54) is 6.07 Å². The molecule has 0 spiro atoms. The lowest BCUT2D eigenvalue weighted by atomic mass is 10.1. The van der Waals surface area contributed by atoms with Crippen LogP contribution in [0.1, 0.15) is 37.3 Å². The molecular formula is C14H23N3O4S. The molecule has 1 unspecified atom stereocenters. The van der Waals surface area contributed by atoms with Gasteiger partial charge in [-0.3, -0.25) is 10.1 Å². The molecule has 0 saturated heterocycles. The van der Waals surface area contributed by atoms with E-state index in [1.54, 1.807) is 13.8 Å². The van der Waals surface area contributed by atoms with Gasteiger partial charge in [0, 0.05) is 24.2 Å². The number of hydrogen-bond donors (Lipinski definition) is 2. The van der Waals surface area contributed by atoms with Gasteiger partial charge in [-0.1, -0.05) is 19.8 Å². The zero-order valence-corrected chi connectivity index (χ0v) is 13.9. The number of nitrogens with one attached hydrogen (secondary N) is 1. The molecule has 0 aliphatic carbocycles. The second kappa shape index (κ2) is 7.66. The first kappa shape index (κ1) is 18.5. The van der Waals surface area contributed by atoms with Crippen LogP contribution in [0.2, 0.25) is 0 Å². The van der Waals surface area contributed by atoms with Gasteiger partial charge in [-0.2, -0.15) is 0 Å². The lowest BCUT2D eigenvalue weighted by Crippen LogP contribution is -2.40. The summed E-state index contributed by atoms with van der Waals surface area (Å²) >= 11 is 0. The van der Waals surface area contributed by atoms with Crippen LogP contribution in [0.15, 0.2) is 17.0 Å². The summed E-state index contributed by atoms with van der Waals surface area (Å²) in [6.45, 7) is 5.40. The molecule has 0 aliphatic rings. The van der Waals surface area contributed by atoms with E-state index in [9.17, 15) is 18.5 Å². The molecule has 0 fully saturated rings. The number of nitrogens with zero attached hydrogens (tertiary/aromatic N) is 1. The predicted molar refractivity (Wildman–Crippen MR) is 85.3 cm³/mol. The maximum Gasteiger partial charge on any atom is 0.273 e. The molecule has 0 heterocycles. The third-order valence-corrected chi connectivity index (χ3v) is 5.15. The number of nitrogens with two attached hydrogens (primary N) is 1. The lowest BCUT2D eigenvalue weighted by molar-refractivity contribution is -0.385. The van der Waals surface area contributed by atoms with Gasteiger partial charge >= 0.3 is 0 Å². The molecule has 1 aromatic rings. The summed E-state index contributed by atoms with van der Waals surface area (Å²) in [5, 5.41) is 11.0. The van der Waals surface area contributed by atoms with Gasteiger partial charge in [0.05, 0.1) is 9.82 Å². The van der Waals surface area contributed by atoms with Gasteiger partial charge in [0.25, 0.3) is 5.69 Å². The normalized spacial score (nSPS) is 13.1. The number of sulfonamides is 1. The summed E-state index contributed by atoms with van der Waals surface area (Å²) in [5.41, 5.74) is 6.31. The quantitative estimate of drug-likeness (QED) is 0.559. The number of rotatable bonds is 8. The van der Waals surface area contributed by atoms with E-state index in [0.29, 0.717) is 17.5 Å². The van der Waals surface area contributed by atoms with Gasteiger partial charge in [0.2, 0.25) is 10.0 Å². The Bertz CT molecular complexity index is 644. The molecular weight excluding hydrogens is 306 g/mol. The third kappa shape index (κ3) is 4.49. The molecule has 0 amide bonds. The van der Waals surface area contributed by atoms with Gasteiger partial charge in [0.15, 0.2) is 0 Å². The van der Waals surface area contributed by atoms with Crippen LogP contribution < -0.4 is 10.5 Å². The highest BCUT2D eigenvalue weighted by Gasteiger charge is 2.24. The molecule has 7 nitrogen and oxygen atoms in total. The van der Waals surface area contributed by atoms with Gasteiger partial charge in [0.1, 0.15) is 0 Å². The topological polar surface area (TPSA) is 115 Å². The molecule has 124 valence electrons. The van der Waals surface area contributed by atoms with Crippen molar-refractivity contribution in [1.29, 1.82) is 0 Å². The minimum atomic E-state index is -3.84. The Morgan fingerprint density at radius 3 is 2.45 bits per heavy atom. The molecule has 0 saturated carbocycles. The Morgan fingerprint density at radius 2 is 1.95 bits per heavy atom. The molecule has 1 rings (SSSR count).